The van der Waals surface area contributed by atoms with Crippen molar-refractivity contribution in [3.05, 3.63) is 29.2 Å². The molecule has 0 atom stereocenters. The summed E-state index contributed by atoms with van der Waals surface area (Å²) in [6, 6.07) is 3.23. The minimum atomic E-state index is -3.65. The number of hydrogen-bond donors (Lipinski definition) is 3. The predicted octanol–water partition coefficient (Wildman–Crippen LogP) is 0.923. The minimum absolute atomic E-state index is 0. The summed E-state index contributed by atoms with van der Waals surface area (Å²) >= 11 is 1.13. The van der Waals surface area contributed by atoms with E-state index in [1.807, 2.05) is 18.4 Å². The number of nitrogens with zero attached hydrogens (tertiary/aromatic N) is 4. The third-order valence-corrected chi connectivity index (χ3v) is 5.82. The van der Waals surface area contributed by atoms with Crippen LogP contribution in [0.4, 0.5) is 0 Å². The number of nitrogens with one attached hydrogen (secondary N) is 2. The molecule has 0 radical (unpaired) electrons. The normalized spacial score (nSPS) is 11.9. The zero-order chi connectivity index (χ0) is 18.3. The van der Waals surface area contributed by atoms with E-state index in [2.05, 4.69) is 25.8 Å². The average Bonchev–Trinajstić information content (AvgIpc) is 3.21. The summed E-state index contributed by atoms with van der Waals surface area (Å²) in [7, 11) is -3.65. The molecule has 0 amide bonds. The van der Waals surface area contributed by atoms with Crippen LogP contribution < -0.4 is 15.8 Å². The molecule has 2 heterocycles. The summed E-state index contributed by atoms with van der Waals surface area (Å²) in [5, 5.41) is 19.5. The van der Waals surface area contributed by atoms with Crippen LogP contribution in [-0.2, 0) is 29.5 Å². The molecule has 0 unspecified atom stereocenters. The zero-order valence-electron chi connectivity index (χ0n) is 14.7. The zero-order valence-corrected chi connectivity index (χ0v) is 18.6. The van der Waals surface area contributed by atoms with Crippen molar-refractivity contribution in [2.45, 2.75) is 37.6 Å². The third-order valence-electron chi connectivity index (χ3n) is 3.31. The maximum absolute atomic E-state index is 11.3. The highest BCUT2D eigenvalue weighted by Crippen LogP contribution is 2.20. The molecule has 2 rings (SSSR count). The van der Waals surface area contributed by atoms with E-state index >= 15 is 0 Å². The first kappa shape index (κ1) is 22.8. The Morgan fingerprint density at radius 1 is 1.35 bits per heavy atom. The van der Waals surface area contributed by atoms with Gasteiger partial charge in [-0.1, -0.05) is 6.92 Å². The van der Waals surface area contributed by atoms with E-state index in [0.29, 0.717) is 19.0 Å². The van der Waals surface area contributed by atoms with Crippen LogP contribution in [0.5, 0.6) is 0 Å². The molecule has 0 aliphatic carbocycles. The van der Waals surface area contributed by atoms with E-state index in [-0.39, 0.29) is 28.2 Å². The predicted molar refractivity (Wildman–Crippen MR) is 113 cm³/mol. The fraction of sp³-hybridized carbons (Fsp3) is 0.500. The molecule has 0 aliphatic heterocycles. The number of guanidine groups is 1. The molecular formula is C14H24IN7O2S2. The lowest BCUT2D eigenvalue weighted by Crippen LogP contribution is -2.38. The lowest BCUT2D eigenvalue weighted by Gasteiger charge is -2.12. The molecule has 0 saturated heterocycles. The molecule has 0 aromatic carbocycles. The number of rotatable bonds is 8. The Kier molecular flexibility index (Phi) is 9.46. The molecule has 0 fully saturated rings. The molecule has 0 saturated carbocycles. The second kappa shape index (κ2) is 10.8. The van der Waals surface area contributed by atoms with Crippen molar-refractivity contribution in [2.24, 2.45) is 10.1 Å². The van der Waals surface area contributed by atoms with Crippen LogP contribution in [0.15, 0.2) is 27.7 Å². The van der Waals surface area contributed by atoms with Crippen molar-refractivity contribution < 1.29 is 8.42 Å². The first-order valence-corrected chi connectivity index (χ1v) is 10.3. The van der Waals surface area contributed by atoms with E-state index in [1.54, 1.807) is 12.4 Å². The average molecular weight is 513 g/mol. The highest BCUT2D eigenvalue weighted by atomic mass is 127. The Morgan fingerprint density at radius 3 is 2.73 bits per heavy atom. The van der Waals surface area contributed by atoms with Gasteiger partial charge in [0, 0.05) is 30.9 Å². The van der Waals surface area contributed by atoms with E-state index in [0.717, 1.165) is 41.5 Å². The number of primary sulfonamides is 1. The summed E-state index contributed by atoms with van der Waals surface area (Å²) in [5.74, 6) is 1.61. The van der Waals surface area contributed by atoms with E-state index in [4.69, 9.17) is 5.14 Å². The van der Waals surface area contributed by atoms with Crippen molar-refractivity contribution >= 4 is 51.3 Å². The number of aromatic nitrogens is 3. The van der Waals surface area contributed by atoms with Crippen LogP contribution in [-0.4, -0.2) is 42.2 Å². The number of halogens is 1. The van der Waals surface area contributed by atoms with Crippen molar-refractivity contribution in [2.75, 3.05) is 13.1 Å². The van der Waals surface area contributed by atoms with Gasteiger partial charge in [0.05, 0.1) is 6.54 Å². The summed E-state index contributed by atoms with van der Waals surface area (Å²) in [6.07, 6.45) is 2.55. The van der Waals surface area contributed by atoms with Crippen LogP contribution >= 0.6 is 35.3 Å². The molecule has 146 valence electrons. The van der Waals surface area contributed by atoms with Crippen LogP contribution in [0, 0.1) is 0 Å². The van der Waals surface area contributed by atoms with Crippen molar-refractivity contribution in [3.63, 3.8) is 0 Å². The van der Waals surface area contributed by atoms with Crippen LogP contribution in [0.25, 0.3) is 0 Å². The maximum atomic E-state index is 11.3. The summed E-state index contributed by atoms with van der Waals surface area (Å²) < 4.78 is 24.8. The summed E-state index contributed by atoms with van der Waals surface area (Å²) in [6.45, 7) is 6.53. The summed E-state index contributed by atoms with van der Waals surface area (Å²) in [5.41, 5.74) is 0. The number of hydrogen-bond acceptors (Lipinski definition) is 6. The van der Waals surface area contributed by atoms with Crippen LogP contribution in [0.1, 0.15) is 24.5 Å². The van der Waals surface area contributed by atoms with E-state index < -0.39 is 10.0 Å². The van der Waals surface area contributed by atoms with Crippen molar-refractivity contribution in [1.29, 1.82) is 0 Å². The molecule has 0 spiro atoms. The molecule has 0 aliphatic rings. The highest BCUT2D eigenvalue weighted by molar-refractivity contribution is 14.0. The van der Waals surface area contributed by atoms with Gasteiger partial charge in [-0.15, -0.1) is 45.5 Å². The van der Waals surface area contributed by atoms with Gasteiger partial charge < -0.3 is 15.2 Å². The minimum Gasteiger partial charge on any atom is -0.357 e. The standard InChI is InChI=1S/C14H23N7O2S2.HI/c1-3-12-20-19-10-21(12)8-7-17-14(16-4-2)18-9-11-5-6-13(24-11)25(15,22)23;/h5-6,10H,3-4,7-9H2,1-2H3,(H2,15,22,23)(H2,16,17,18);1H. The first-order chi connectivity index (χ1) is 11.9. The Hall–Kier alpha value is -1.25. The smallest absolute Gasteiger partial charge is 0.247 e. The number of aryl methyl sites for hydroxylation is 1. The van der Waals surface area contributed by atoms with Gasteiger partial charge in [0.25, 0.3) is 0 Å². The molecule has 2 aromatic rings. The molecule has 12 heteroatoms. The van der Waals surface area contributed by atoms with Gasteiger partial charge in [0.2, 0.25) is 10.0 Å². The highest BCUT2D eigenvalue weighted by Gasteiger charge is 2.11. The maximum Gasteiger partial charge on any atom is 0.247 e. The first-order valence-electron chi connectivity index (χ1n) is 7.94. The third kappa shape index (κ3) is 6.81. The van der Waals surface area contributed by atoms with Crippen molar-refractivity contribution in [1.82, 2.24) is 25.4 Å². The lowest BCUT2D eigenvalue weighted by molar-refractivity contribution is 0.600. The molecule has 9 nitrogen and oxygen atoms in total. The molecule has 4 N–H and O–H groups in total. The number of sulfonamides is 1. The Morgan fingerprint density at radius 2 is 2.12 bits per heavy atom. The quantitative estimate of drug-likeness (QED) is 0.274. The monoisotopic (exact) mass is 513 g/mol. The second-order valence-electron chi connectivity index (χ2n) is 5.18. The number of nitrogens with two attached hydrogens (primary N) is 1. The van der Waals surface area contributed by atoms with Gasteiger partial charge in [0.1, 0.15) is 16.4 Å². The SMILES string of the molecule is CCNC(=NCc1ccc(S(N)(=O)=O)s1)NCCn1cnnc1CC.I. The van der Waals surface area contributed by atoms with Crippen molar-refractivity contribution in [3.8, 4) is 0 Å². The fourth-order valence-electron chi connectivity index (χ4n) is 2.13. The lowest BCUT2D eigenvalue weighted by atomic mass is 10.4. The molecular weight excluding hydrogens is 489 g/mol. The Balaban J connectivity index is 0.00000338. The van der Waals surface area contributed by atoms with E-state index in [9.17, 15) is 8.42 Å². The largest absolute Gasteiger partial charge is 0.357 e. The molecule has 2 aromatic heterocycles. The van der Waals surface area contributed by atoms with Gasteiger partial charge in [-0.25, -0.2) is 18.5 Å². The van der Waals surface area contributed by atoms with Gasteiger partial charge >= 0.3 is 0 Å². The number of thiophene rings is 1. The molecule has 0 bridgehead atoms. The van der Waals surface area contributed by atoms with Gasteiger partial charge in [-0.05, 0) is 19.1 Å². The molecule has 26 heavy (non-hydrogen) atoms. The second-order valence-corrected chi connectivity index (χ2v) is 8.14. The Bertz CT molecular complexity index is 817. The summed E-state index contributed by atoms with van der Waals surface area (Å²) in [4.78, 5) is 5.30. The van der Waals surface area contributed by atoms with Crippen LogP contribution in [0.3, 0.4) is 0 Å². The Labute approximate surface area is 174 Å². The topological polar surface area (TPSA) is 127 Å². The fourth-order valence-corrected chi connectivity index (χ4v) is 3.83. The van der Waals surface area contributed by atoms with Gasteiger partial charge in [-0.3, -0.25) is 0 Å². The van der Waals surface area contributed by atoms with Gasteiger partial charge in [-0.2, -0.15) is 0 Å². The van der Waals surface area contributed by atoms with Crippen LogP contribution in [0.2, 0.25) is 0 Å². The van der Waals surface area contributed by atoms with E-state index in [1.165, 1.54) is 6.07 Å². The number of aliphatic imine (C=N–C) groups is 1. The van der Waals surface area contributed by atoms with Gasteiger partial charge in [0.15, 0.2) is 5.96 Å².